The van der Waals surface area contributed by atoms with Gasteiger partial charge in [0.2, 0.25) is 11.8 Å². The lowest BCUT2D eigenvalue weighted by molar-refractivity contribution is -0.121. The fourth-order valence-corrected chi connectivity index (χ4v) is 2.94. The summed E-state index contributed by atoms with van der Waals surface area (Å²) in [6.07, 6.45) is 1.63. The number of nitrogens with one attached hydrogen (secondary N) is 3. The number of carbonyl (C=O) groups excluding carboxylic acids is 2. The quantitative estimate of drug-likeness (QED) is 0.556. The van der Waals surface area contributed by atoms with Crippen molar-refractivity contribution in [2.75, 3.05) is 16.8 Å². The largest absolute Gasteiger partial charge is 0.331 e. The number of carbonyl (C=O) groups is 2. The van der Waals surface area contributed by atoms with Crippen LogP contribution in [-0.2, 0) is 16.0 Å². The highest BCUT2D eigenvalue weighted by Crippen LogP contribution is 2.21. The van der Waals surface area contributed by atoms with Crippen molar-refractivity contribution in [2.24, 2.45) is 0 Å². The molecule has 27 heavy (non-hydrogen) atoms. The molecule has 0 aromatic heterocycles. The molecule has 0 unspecified atom stereocenters. The molecule has 0 bridgehead atoms. The molecule has 2 aromatic rings. The van der Waals surface area contributed by atoms with Crippen LogP contribution in [0.5, 0.6) is 0 Å². The number of benzene rings is 2. The zero-order chi connectivity index (χ0) is 19.2. The number of thiocarbonyl (C=S) groups is 1. The normalized spacial score (nSPS) is 13.4. The van der Waals surface area contributed by atoms with Crippen molar-refractivity contribution in [3.8, 4) is 0 Å². The Morgan fingerprint density at radius 2 is 1.78 bits per heavy atom. The van der Waals surface area contributed by atoms with E-state index in [1.165, 1.54) is 24.3 Å². The molecule has 6 nitrogen and oxygen atoms in total. The maximum Gasteiger partial charge on any atom is 0.242 e. The van der Waals surface area contributed by atoms with Gasteiger partial charge < -0.3 is 10.2 Å². The average Bonchev–Trinajstić information content (AvgIpc) is 3.09. The number of rotatable bonds is 4. The Bertz CT molecular complexity index is 840. The molecule has 1 aliphatic rings. The summed E-state index contributed by atoms with van der Waals surface area (Å²) in [6.45, 7) is 0.737. The van der Waals surface area contributed by atoms with E-state index >= 15 is 0 Å². The van der Waals surface area contributed by atoms with E-state index in [0.29, 0.717) is 12.1 Å². The van der Waals surface area contributed by atoms with E-state index in [9.17, 15) is 14.0 Å². The van der Waals surface area contributed by atoms with Gasteiger partial charge >= 0.3 is 0 Å². The summed E-state index contributed by atoms with van der Waals surface area (Å²) < 4.78 is 12.9. The molecule has 0 aliphatic carbocycles. The zero-order valence-electron chi connectivity index (χ0n) is 14.5. The molecule has 2 amide bonds. The van der Waals surface area contributed by atoms with Gasteiger partial charge in [-0.1, -0.05) is 12.1 Å². The molecule has 3 N–H and O–H groups in total. The molecular weight excluding hydrogens is 367 g/mol. The van der Waals surface area contributed by atoms with Gasteiger partial charge in [-0.15, -0.1) is 0 Å². The lowest BCUT2D eigenvalue weighted by atomic mass is 10.1. The molecule has 0 spiro atoms. The van der Waals surface area contributed by atoms with E-state index in [4.69, 9.17) is 12.2 Å². The Morgan fingerprint density at radius 3 is 2.41 bits per heavy atom. The third-order valence-electron chi connectivity index (χ3n) is 4.10. The van der Waals surface area contributed by atoms with Gasteiger partial charge in [0.25, 0.3) is 0 Å². The maximum atomic E-state index is 12.9. The fraction of sp³-hybridized carbons (Fsp3) is 0.211. The van der Waals surface area contributed by atoms with Crippen LogP contribution in [0.15, 0.2) is 48.5 Å². The summed E-state index contributed by atoms with van der Waals surface area (Å²) in [5, 5.41) is 3.03. The number of halogens is 1. The summed E-state index contributed by atoms with van der Waals surface area (Å²) in [7, 11) is 0. The summed E-state index contributed by atoms with van der Waals surface area (Å²) in [5.41, 5.74) is 7.39. The van der Waals surface area contributed by atoms with Crippen molar-refractivity contribution in [2.45, 2.75) is 19.3 Å². The van der Waals surface area contributed by atoms with Crippen LogP contribution in [-0.4, -0.2) is 23.5 Å². The summed E-state index contributed by atoms with van der Waals surface area (Å²) in [4.78, 5) is 25.5. The Kier molecular flexibility index (Phi) is 5.97. The minimum absolute atomic E-state index is 0.131. The predicted molar refractivity (Wildman–Crippen MR) is 106 cm³/mol. The fourth-order valence-electron chi connectivity index (χ4n) is 2.77. The molecule has 1 heterocycles. The smallest absolute Gasteiger partial charge is 0.242 e. The third kappa shape index (κ3) is 5.24. The van der Waals surface area contributed by atoms with E-state index < -0.39 is 0 Å². The van der Waals surface area contributed by atoms with Gasteiger partial charge in [-0.25, -0.2) is 4.39 Å². The van der Waals surface area contributed by atoms with Crippen LogP contribution in [0.2, 0.25) is 0 Å². The molecule has 0 atom stereocenters. The number of anilines is 2. The van der Waals surface area contributed by atoms with Gasteiger partial charge in [0.05, 0.1) is 6.42 Å². The molecule has 0 saturated carbocycles. The van der Waals surface area contributed by atoms with Crippen LogP contribution in [0.4, 0.5) is 15.8 Å². The van der Waals surface area contributed by atoms with Crippen molar-refractivity contribution in [1.29, 1.82) is 0 Å². The van der Waals surface area contributed by atoms with E-state index in [0.717, 1.165) is 24.2 Å². The monoisotopic (exact) mass is 386 g/mol. The second-order valence-electron chi connectivity index (χ2n) is 6.13. The molecule has 3 rings (SSSR count). The van der Waals surface area contributed by atoms with Gasteiger partial charge in [0, 0.05) is 24.3 Å². The van der Waals surface area contributed by atoms with Crippen molar-refractivity contribution in [1.82, 2.24) is 10.9 Å². The van der Waals surface area contributed by atoms with Gasteiger partial charge in [-0.05, 0) is 60.6 Å². The lowest BCUT2D eigenvalue weighted by Gasteiger charge is -2.16. The second-order valence-corrected chi connectivity index (χ2v) is 6.53. The van der Waals surface area contributed by atoms with Crippen LogP contribution in [0.3, 0.4) is 0 Å². The van der Waals surface area contributed by atoms with Gasteiger partial charge in [0.1, 0.15) is 5.82 Å². The summed E-state index contributed by atoms with van der Waals surface area (Å²) in [5.74, 6) is -0.469. The highest BCUT2D eigenvalue weighted by Gasteiger charge is 2.21. The topological polar surface area (TPSA) is 73.5 Å². The standard InChI is InChI=1S/C19H19FN4O2S/c20-14-5-7-15(8-6-14)21-19(27)23-22-17(25)12-13-3-9-16(10-4-13)24-11-1-2-18(24)26/h3-10H,1-2,11-12H2,(H,22,25)(H2,21,23,27). The Balaban J connectivity index is 1.45. The Labute approximate surface area is 161 Å². The van der Waals surface area contributed by atoms with Crippen LogP contribution in [0, 0.1) is 5.82 Å². The highest BCUT2D eigenvalue weighted by molar-refractivity contribution is 7.80. The Hall–Kier alpha value is -3.00. The van der Waals surface area contributed by atoms with Crippen LogP contribution in [0.1, 0.15) is 18.4 Å². The zero-order valence-corrected chi connectivity index (χ0v) is 15.3. The van der Waals surface area contributed by atoms with Crippen LogP contribution < -0.4 is 21.1 Å². The van der Waals surface area contributed by atoms with Crippen molar-refractivity contribution in [3.63, 3.8) is 0 Å². The molecule has 1 saturated heterocycles. The number of amides is 2. The first-order valence-corrected chi connectivity index (χ1v) is 8.93. The van der Waals surface area contributed by atoms with Gasteiger partial charge in [-0.2, -0.15) is 0 Å². The molecule has 1 fully saturated rings. The molecule has 1 aliphatic heterocycles. The SMILES string of the molecule is O=C(Cc1ccc(N2CCCC2=O)cc1)NNC(=S)Nc1ccc(F)cc1. The number of nitrogens with zero attached hydrogens (tertiary/aromatic N) is 1. The van der Waals surface area contributed by atoms with Crippen molar-refractivity contribution >= 4 is 40.5 Å². The first-order valence-electron chi connectivity index (χ1n) is 8.52. The summed E-state index contributed by atoms with van der Waals surface area (Å²) >= 11 is 5.07. The average molecular weight is 386 g/mol. The third-order valence-corrected chi connectivity index (χ3v) is 4.31. The first kappa shape index (κ1) is 18.8. The first-order chi connectivity index (χ1) is 13.0. The minimum atomic E-state index is -0.340. The van der Waals surface area contributed by atoms with Crippen molar-refractivity contribution in [3.05, 3.63) is 59.9 Å². The molecule has 2 aromatic carbocycles. The molecule has 0 radical (unpaired) electrons. The predicted octanol–water partition coefficient (Wildman–Crippen LogP) is 2.51. The molecule has 8 heteroatoms. The molecule has 140 valence electrons. The van der Waals surface area contributed by atoms with Gasteiger partial charge in [-0.3, -0.25) is 20.4 Å². The Morgan fingerprint density at radius 1 is 1.07 bits per heavy atom. The van der Waals surface area contributed by atoms with E-state index in [-0.39, 0.29) is 29.2 Å². The van der Waals surface area contributed by atoms with E-state index in [1.54, 1.807) is 4.90 Å². The minimum Gasteiger partial charge on any atom is -0.331 e. The second kappa shape index (κ2) is 8.59. The van der Waals surface area contributed by atoms with Crippen LogP contribution >= 0.6 is 12.2 Å². The van der Waals surface area contributed by atoms with E-state index in [1.807, 2.05) is 24.3 Å². The number of hydrogen-bond donors (Lipinski definition) is 3. The number of hydrazine groups is 1. The lowest BCUT2D eigenvalue weighted by Crippen LogP contribution is -2.44. The molecular formula is C19H19FN4O2S. The van der Waals surface area contributed by atoms with Crippen molar-refractivity contribution < 1.29 is 14.0 Å². The van der Waals surface area contributed by atoms with Gasteiger partial charge in [0.15, 0.2) is 5.11 Å². The summed E-state index contributed by atoms with van der Waals surface area (Å²) in [6, 6.07) is 13.0. The van der Waals surface area contributed by atoms with Crippen LogP contribution in [0.25, 0.3) is 0 Å². The van der Waals surface area contributed by atoms with E-state index in [2.05, 4.69) is 16.2 Å². The highest BCUT2D eigenvalue weighted by atomic mass is 32.1. The maximum absolute atomic E-state index is 12.9. The number of hydrogen-bond acceptors (Lipinski definition) is 3.